The first-order valence-corrected chi connectivity index (χ1v) is 15.0. The van der Waals surface area contributed by atoms with E-state index in [2.05, 4.69) is 18.0 Å². The van der Waals surface area contributed by atoms with Crippen molar-refractivity contribution in [3.05, 3.63) is 69.8 Å². The molecule has 36 heavy (non-hydrogen) atoms. The number of rotatable bonds is 6. The summed E-state index contributed by atoms with van der Waals surface area (Å²) >= 11 is 8.49. The van der Waals surface area contributed by atoms with E-state index in [4.69, 9.17) is 16.6 Å². The predicted molar refractivity (Wildman–Crippen MR) is 145 cm³/mol. The lowest BCUT2D eigenvalue weighted by Gasteiger charge is -2.33. The summed E-state index contributed by atoms with van der Waals surface area (Å²) in [5.74, 6) is -0.605. The van der Waals surface area contributed by atoms with Crippen LogP contribution in [0, 0.1) is 19.8 Å². The van der Waals surface area contributed by atoms with Gasteiger partial charge in [-0.2, -0.15) is 4.31 Å². The fourth-order valence-corrected chi connectivity index (χ4v) is 8.55. The Hall–Kier alpha value is -2.37. The molecule has 7 nitrogen and oxygen atoms in total. The molecule has 0 spiro atoms. The summed E-state index contributed by atoms with van der Waals surface area (Å²) in [5.41, 5.74) is 4.05. The van der Waals surface area contributed by atoms with E-state index >= 15 is 0 Å². The van der Waals surface area contributed by atoms with E-state index in [0.717, 1.165) is 32.7 Å². The zero-order valence-electron chi connectivity index (χ0n) is 19.8. The summed E-state index contributed by atoms with van der Waals surface area (Å²) in [6.07, 6.45) is 4.65. The van der Waals surface area contributed by atoms with Gasteiger partial charge in [0.1, 0.15) is 4.21 Å². The molecule has 1 aromatic carbocycles. The number of carbonyl (C=O) groups is 1. The van der Waals surface area contributed by atoms with Gasteiger partial charge in [0.2, 0.25) is 5.91 Å². The largest absolute Gasteiger partial charge is 0.283 e. The first-order valence-electron chi connectivity index (χ1n) is 11.6. The van der Waals surface area contributed by atoms with Crippen LogP contribution in [-0.4, -0.2) is 41.7 Å². The van der Waals surface area contributed by atoms with Crippen molar-refractivity contribution >= 4 is 65.6 Å². The Morgan fingerprint density at radius 1 is 1.19 bits per heavy atom. The smallest absolute Gasteiger partial charge is 0.252 e. The number of nitrogens with zero attached hydrogens (tertiary/aromatic N) is 4. The molecular formula is C25H25ClN4O3S3. The van der Waals surface area contributed by atoms with Crippen molar-refractivity contribution in [2.24, 2.45) is 5.92 Å². The molecule has 4 aromatic rings. The molecule has 1 atom stereocenters. The molecule has 3 aromatic heterocycles. The van der Waals surface area contributed by atoms with E-state index < -0.39 is 15.9 Å². The van der Waals surface area contributed by atoms with E-state index in [1.54, 1.807) is 23.4 Å². The Kier molecular flexibility index (Phi) is 7.15. The number of aryl methyl sites for hydroxylation is 2. The lowest BCUT2D eigenvalue weighted by Crippen LogP contribution is -2.46. The fraction of sp³-hybridized carbons (Fsp3) is 0.320. The molecule has 0 N–H and O–H groups in total. The average Bonchev–Trinajstić information content (AvgIpc) is 3.49. The van der Waals surface area contributed by atoms with Crippen molar-refractivity contribution in [3.8, 4) is 0 Å². The number of fused-ring (bicyclic) bond motifs is 1. The van der Waals surface area contributed by atoms with Gasteiger partial charge in [-0.05, 0) is 73.7 Å². The van der Waals surface area contributed by atoms with Crippen molar-refractivity contribution in [3.63, 3.8) is 0 Å². The highest BCUT2D eigenvalue weighted by atomic mass is 35.5. The number of hydrogen-bond donors (Lipinski definition) is 0. The number of thiophene rings is 1. The van der Waals surface area contributed by atoms with Gasteiger partial charge in [-0.15, -0.1) is 11.3 Å². The molecule has 1 aliphatic heterocycles. The molecule has 0 saturated carbocycles. The molecule has 1 unspecified atom stereocenters. The second-order valence-electron chi connectivity index (χ2n) is 8.95. The maximum Gasteiger partial charge on any atom is 0.252 e. The first-order chi connectivity index (χ1) is 17.2. The number of hydrogen-bond acceptors (Lipinski definition) is 7. The van der Waals surface area contributed by atoms with Crippen LogP contribution in [0.1, 0.15) is 29.5 Å². The van der Waals surface area contributed by atoms with Crippen molar-refractivity contribution in [1.82, 2.24) is 14.3 Å². The van der Waals surface area contributed by atoms with Crippen LogP contribution in [-0.2, 0) is 21.4 Å². The van der Waals surface area contributed by atoms with Gasteiger partial charge in [0, 0.05) is 25.5 Å². The number of amides is 1. The number of aromatic nitrogens is 2. The highest BCUT2D eigenvalue weighted by Gasteiger charge is 2.37. The molecule has 1 aliphatic rings. The van der Waals surface area contributed by atoms with E-state index in [0.29, 0.717) is 35.4 Å². The SMILES string of the molecule is Cc1cc2nc(N(Cc3cccnc3)C(=O)C3CCCN(S(=O)(=O)c4ccc(Cl)s4)C3)sc2cc1C. The van der Waals surface area contributed by atoms with Gasteiger partial charge in [-0.3, -0.25) is 14.7 Å². The third-order valence-electron chi connectivity index (χ3n) is 6.43. The Labute approximate surface area is 223 Å². The monoisotopic (exact) mass is 560 g/mol. The molecule has 1 fully saturated rings. The number of sulfonamides is 1. The standard InChI is InChI=1S/C25H25ClN4O3S3/c1-16-11-20-21(12-17(16)2)34-25(28-20)30(14-18-5-3-9-27-13-18)24(31)19-6-4-10-29(15-19)36(32,33)23-8-7-22(26)35-23/h3,5,7-9,11-13,19H,4,6,10,14-15H2,1-2H3. The Balaban J connectivity index is 1.46. The van der Waals surface area contributed by atoms with Crippen LogP contribution in [0.3, 0.4) is 0 Å². The molecule has 11 heteroatoms. The molecule has 0 radical (unpaired) electrons. The fourth-order valence-electron chi connectivity index (χ4n) is 4.34. The van der Waals surface area contributed by atoms with Gasteiger partial charge in [-0.25, -0.2) is 13.4 Å². The van der Waals surface area contributed by atoms with Crippen LogP contribution in [0.2, 0.25) is 4.34 Å². The molecule has 0 bridgehead atoms. The highest BCUT2D eigenvalue weighted by molar-refractivity contribution is 7.91. The Bertz CT molecular complexity index is 1480. The zero-order valence-corrected chi connectivity index (χ0v) is 23.1. The molecule has 5 rings (SSSR count). The van der Waals surface area contributed by atoms with Gasteiger partial charge in [0.05, 0.1) is 27.0 Å². The molecular weight excluding hydrogens is 536 g/mol. The topological polar surface area (TPSA) is 83.5 Å². The maximum absolute atomic E-state index is 14.0. The normalized spacial score (nSPS) is 16.9. The van der Waals surface area contributed by atoms with E-state index in [1.165, 1.54) is 27.3 Å². The van der Waals surface area contributed by atoms with Gasteiger partial charge < -0.3 is 0 Å². The van der Waals surface area contributed by atoms with Gasteiger partial charge >= 0.3 is 0 Å². The number of thiazole rings is 1. The van der Waals surface area contributed by atoms with E-state index in [-0.39, 0.29) is 16.7 Å². The van der Waals surface area contributed by atoms with E-state index in [1.807, 2.05) is 25.1 Å². The Morgan fingerprint density at radius 2 is 2.00 bits per heavy atom. The molecule has 4 heterocycles. The second-order valence-corrected chi connectivity index (χ2v) is 13.8. The lowest BCUT2D eigenvalue weighted by molar-refractivity contribution is -0.123. The molecule has 0 aliphatic carbocycles. The average molecular weight is 561 g/mol. The van der Waals surface area contributed by atoms with Gasteiger partial charge in [0.25, 0.3) is 10.0 Å². The van der Waals surface area contributed by atoms with Crippen LogP contribution >= 0.6 is 34.3 Å². The number of halogens is 1. The van der Waals surface area contributed by atoms with Gasteiger partial charge in [0.15, 0.2) is 5.13 Å². The van der Waals surface area contributed by atoms with Crippen molar-refractivity contribution < 1.29 is 13.2 Å². The quantitative estimate of drug-likeness (QED) is 0.304. The third-order valence-corrected chi connectivity index (χ3v) is 11.0. The lowest BCUT2D eigenvalue weighted by atomic mass is 9.98. The third kappa shape index (κ3) is 5.05. The minimum atomic E-state index is -3.71. The molecule has 188 valence electrons. The summed E-state index contributed by atoms with van der Waals surface area (Å²) in [7, 11) is -3.71. The number of piperidine rings is 1. The molecule has 1 amide bonds. The summed E-state index contributed by atoms with van der Waals surface area (Å²) in [4.78, 5) is 24.6. The van der Waals surface area contributed by atoms with Crippen molar-refractivity contribution in [1.29, 1.82) is 0 Å². The number of carbonyl (C=O) groups excluding carboxylic acids is 1. The van der Waals surface area contributed by atoms with Crippen molar-refractivity contribution in [2.75, 3.05) is 18.0 Å². The van der Waals surface area contributed by atoms with Crippen LogP contribution in [0.4, 0.5) is 5.13 Å². The van der Waals surface area contributed by atoms with Crippen LogP contribution in [0.5, 0.6) is 0 Å². The highest BCUT2D eigenvalue weighted by Crippen LogP contribution is 2.35. The predicted octanol–water partition coefficient (Wildman–Crippen LogP) is 5.66. The maximum atomic E-state index is 14.0. The minimum Gasteiger partial charge on any atom is -0.283 e. The number of benzene rings is 1. The summed E-state index contributed by atoms with van der Waals surface area (Å²) in [6.45, 7) is 4.93. The van der Waals surface area contributed by atoms with Crippen molar-refractivity contribution in [2.45, 2.75) is 37.4 Å². The zero-order chi connectivity index (χ0) is 25.4. The summed E-state index contributed by atoms with van der Waals surface area (Å²) in [5, 5.41) is 0.605. The molecule has 1 saturated heterocycles. The second kappa shape index (κ2) is 10.2. The first kappa shape index (κ1) is 25.3. The van der Waals surface area contributed by atoms with Gasteiger partial charge in [-0.1, -0.05) is 29.0 Å². The Morgan fingerprint density at radius 3 is 2.72 bits per heavy atom. The number of pyridine rings is 1. The van der Waals surface area contributed by atoms with E-state index in [9.17, 15) is 13.2 Å². The van der Waals surface area contributed by atoms with Crippen LogP contribution < -0.4 is 4.90 Å². The minimum absolute atomic E-state index is 0.128. The number of anilines is 1. The van der Waals surface area contributed by atoms with Crippen LogP contribution in [0.25, 0.3) is 10.2 Å². The summed E-state index contributed by atoms with van der Waals surface area (Å²) in [6, 6.07) is 11.0. The van der Waals surface area contributed by atoms with Crippen LogP contribution in [0.15, 0.2) is 53.0 Å². The summed E-state index contributed by atoms with van der Waals surface area (Å²) < 4.78 is 29.5.